The molecule has 130 valence electrons. The summed E-state index contributed by atoms with van der Waals surface area (Å²) in [5, 5.41) is 8.98. The number of nitriles is 1. The first-order chi connectivity index (χ1) is 13.1. The van der Waals surface area contributed by atoms with E-state index in [9.17, 15) is 4.79 Å². The second-order valence-corrected chi connectivity index (χ2v) is 6.39. The Morgan fingerprint density at radius 2 is 1.93 bits per heavy atom. The first kappa shape index (κ1) is 16.7. The third kappa shape index (κ3) is 3.33. The molecule has 0 spiro atoms. The van der Waals surface area contributed by atoms with Crippen molar-refractivity contribution in [1.29, 1.82) is 5.26 Å². The van der Waals surface area contributed by atoms with Crippen molar-refractivity contribution in [2.45, 2.75) is 13.5 Å². The van der Waals surface area contributed by atoms with Gasteiger partial charge in [-0.25, -0.2) is 4.98 Å². The van der Waals surface area contributed by atoms with Gasteiger partial charge in [-0.1, -0.05) is 29.8 Å². The minimum Gasteiger partial charge on any atom is -0.339 e. The van der Waals surface area contributed by atoms with Crippen LogP contribution in [0.5, 0.6) is 0 Å². The molecule has 4 aromatic rings. The van der Waals surface area contributed by atoms with Gasteiger partial charge in [-0.2, -0.15) is 5.26 Å². The average Bonchev–Trinajstić information content (AvgIpc) is 3.15. The Bertz CT molecular complexity index is 1180. The van der Waals surface area contributed by atoms with Gasteiger partial charge < -0.3 is 4.57 Å². The van der Waals surface area contributed by atoms with Gasteiger partial charge in [0.2, 0.25) is 5.78 Å². The van der Waals surface area contributed by atoms with Gasteiger partial charge >= 0.3 is 0 Å². The van der Waals surface area contributed by atoms with Gasteiger partial charge in [0, 0.05) is 11.8 Å². The van der Waals surface area contributed by atoms with Gasteiger partial charge in [-0.3, -0.25) is 9.78 Å². The van der Waals surface area contributed by atoms with E-state index >= 15 is 0 Å². The quantitative estimate of drug-likeness (QED) is 0.522. The summed E-state index contributed by atoms with van der Waals surface area (Å²) in [6.45, 7) is 2.44. The van der Waals surface area contributed by atoms with Crippen LogP contribution in [0, 0.1) is 18.3 Å². The predicted octanol–water partition coefficient (Wildman–Crippen LogP) is 3.89. The Morgan fingerprint density at radius 1 is 1.11 bits per heavy atom. The monoisotopic (exact) mass is 352 g/mol. The molecule has 0 aliphatic rings. The van der Waals surface area contributed by atoms with Gasteiger partial charge in [-0.05, 0) is 37.3 Å². The summed E-state index contributed by atoms with van der Waals surface area (Å²) in [5.41, 5.74) is 5.11. The van der Waals surface area contributed by atoms with Gasteiger partial charge in [0.15, 0.2) is 0 Å². The first-order valence-electron chi connectivity index (χ1n) is 8.56. The molecule has 5 heteroatoms. The molecule has 27 heavy (non-hydrogen) atoms. The van der Waals surface area contributed by atoms with Crippen LogP contribution in [-0.2, 0) is 6.54 Å². The molecule has 2 heterocycles. The molecule has 0 bridgehead atoms. The Hall–Kier alpha value is -3.78. The molecule has 0 N–H and O–H groups in total. The summed E-state index contributed by atoms with van der Waals surface area (Å²) >= 11 is 0. The number of fused-ring (bicyclic) bond motifs is 1. The van der Waals surface area contributed by atoms with Crippen molar-refractivity contribution in [3.8, 4) is 6.07 Å². The number of benzene rings is 2. The van der Waals surface area contributed by atoms with E-state index in [2.05, 4.69) is 16.0 Å². The lowest BCUT2D eigenvalue weighted by Gasteiger charge is -2.09. The van der Waals surface area contributed by atoms with Crippen molar-refractivity contribution in [3.05, 3.63) is 95.1 Å². The van der Waals surface area contributed by atoms with Gasteiger partial charge in [0.05, 0.1) is 46.8 Å². The molecule has 0 saturated heterocycles. The average molecular weight is 352 g/mol. The molecule has 0 atom stereocenters. The highest BCUT2D eigenvalue weighted by Crippen LogP contribution is 2.15. The fraction of sp³-hybridized carbons (Fsp3) is 0.0909. The number of aryl methyl sites for hydroxylation is 1. The number of carbonyl (C=O) groups excluding carboxylic acids is 1. The summed E-state index contributed by atoms with van der Waals surface area (Å²) < 4.78 is 1.88. The van der Waals surface area contributed by atoms with Crippen molar-refractivity contribution < 1.29 is 4.79 Å². The van der Waals surface area contributed by atoms with Crippen LogP contribution < -0.4 is 0 Å². The Labute approximate surface area is 156 Å². The lowest BCUT2D eigenvalue weighted by atomic mass is 10.1. The summed E-state index contributed by atoms with van der Waals surface area (Å²) in [6, 6.07) is 18.6. The molecule has 0 aliphatic carbocycles. The molecule has 0 amide bonds. The maximum atomic E-state index is 12.8. The molecular formula is C22H16N4O. The van der Waals surface area contributed by atoms with E-state index in [1.165, 1.54) is 0 Å². The van der Waals surface area contributed by atoms with Crippen LogP contribution in [-0.4, -0.2) is 20.3 Å². The molecule has 0 fully saturated rings. The summed E-state index contributed by atoms with van der Waals surface area (Å²) in [5.74, 6) is -0.0209. The topological polar surface area (TPSA) is 71.6 Å². The van der Waals surface area contributed by atoms with Crippen LogP contribution in [0.1, 0.15) is 32.9 Å². The van der Waals surface area contributed by atoms with Crippen LogP contribution in [0.4, 0.5) is 0 Å². The molecular weight excluding hydrogens is 336 g/mol. The third-order valence-corrected chi connectivity index (χ3v) is 4.43. The maximum Gasteiger partial charge on any atom is 0.209 e. The Balaban J connectivity index is 1.63. The molecule has 0 saturated carbocycles. The minimum atomic E-state index is -0.0209. The number of hydrogen-bond donors (Lipinski definition) is 0. The lowest BCUT2D eigenvalue weighted by Crippen LogP contribution is -2.11. The molecule has 2 aromatic heterocycles. The highest BCUT2D eigenvalue weighted by Gasteiger charge is 2.14. The number of aromatic nitrogens is 3. The molecule has 0 radical (unpaired) electrons. The van der Waals surface area contributed by atoms with E-state index in [1.807, 2.05) is 54.1 Å². The van der Waals surface area contributed by atoms with Crippen molar-refractivity contribution in [2.75, 3.05) is 0 Å². The van der Waals surface area contributed by atoms with Gasteiger partial charge in [0.1, 0.15) is 0 Å². The number of nitrogens with zero attached hydrogens (tertiary/aromatic N) is 4. The van der Waals surface area contributed by atoms with E-state index in [0.717, 1.165) is 16.8 Å². The van der Waals surface area contributed by atoms with E-state index in [-0.39, 0.29) is 5.78 Å². The van der Waals surface area contributed by atoms with E-state index in [4.69, 9.17) is 5.26 Å². The van der Waals surface area contributed by atoms with Crippen LogP contribution >= 0.6 is 0 Å². The minimum absolute atomic E-state index is 0.0209. The third-order valence-electron chi connectivity index (χ3n) is 4.43. The number of carbonyl (C=O) groups is 1. The van der Waals surface area contributed by atoms with Crippen molar-refractivity contribution in [2.24, 2.45) is 0 Å². The zero-order valence-corrected chi connectivity index (χ0v) is 14.8. The molecule has 5 nitrogen and oxygen atoms in total. The fourth-order valence-corrected chi connectivity index (χ4v) is 2.98. The highest BCUT2D eigenvalue weighted by atomic mass is 16.1. The van der Waals surface area contributed by atoms with Gasteiger partial charge in [-0.15, -0.1) is 0 Å². The second-order valence-electron chi connectivity index (χ2n) is 6.39. The van der Waals surface area contributed by atoms with Crippen LogP contribution in [0.25, 0.3) is 11.0 Å². The number of ketones is 1. The molecule has 2 aromatic carbocycles. The van der Waals surface area contributed by atoms with Crippen LogP contribution in [0.2, 0.25) is 0 Å². The van der Waals surface area contributed by atoms with E-state index in [1.54, 1.807) is 24.4 Å². The lowest BCUT2D eigenvalue weighted by molar-refractivity contribution is 0.103. The van der Waals surface area contributed by atoms with E-state index < -0.39 is 0 Å². The Kier molecular flexibility index (Phi) is 4.23. The second kappa shape index (κ2) is 6.85. The smallest absolute Gasteiger partial charge is 0.209 e. The maximum absolute atomic E-state index is 12.8. The van der Waals surface area contributed by atoms with Crippen molar-refractivity contribution >= 4 is 16.8 Å². The standard InChI is InChI=1S/C22H16N4O/c1-15-4-7-17(8-5-15)22(27)21-3-2-10-26(21)14-18-13-24-20-11-16(12-23)6-9-19(20)25-18/h2-11,13H,14H2,1H3. The summed E-state index contributed by atoms with van der Waals surface area (Å²) in [7, 11) is 0. The predicted molar refractivity (Wildman–Crippen MR) is 102 cm³/mol. The number of hydrogen-bond acceptors (Lipinski definition) is 4. The van der Waals surface area contributed by atoms with Crippen molar-refractivity contribution in [1.82, 2.24) is 14.5 Å². The molecule has 4 rings (SSSR count). The highest BCUT2D eigenvalue weighted by molar-refractivity contribution is 6.08. The molecule has 0 aliphatic heterocycles. The van der Waals surface area contributed by atoms with E-state index in [0.29, 0.717) is 28.9 Å². The zero-order valence-electron chi connectivity index (χ0n) is 14.8. The van der Waals surface area contributed by atoms with Crippen LogP contribution in [0.3, 0.4) is 0 Å². The Morgan fingerprint density at radius 3 is 2.70 bits per heavy atom. The zero-order chi connectivity index (χ0) is 18.8. The van der Waals surface area contributed by atoms with Crippen molar-refractivity contribution in [3.63, 3.8) is 0 Å². The SMILES string of the molecule is Cc1ccc(C(=O)c2cccn2Cc2cnc3cc(C#N)ccc3n2)cc1. The summed E-state index contributed by atoms with van der Waals surface area (Å²) in [4.78, 5) is 21.8. The normalized spacial score (nSPS) is 10.7. The molecule has 0 unspecified atom stereocenters. The fourth-order valence-electron chi connectivity index (χ4n) is 2.98. The largest absolute Gasteiger partial charge is 0.339 e. The van der Waals surface area contributed by atoms with Gasteiger partial charge in [0.25, 0.3) is 0 Å². The summed E-state index contributed by atoms with van der Waals surface area (Å²) in [6.07, 6.45) is 3.55. The first-order valence-corrected chi connectivity index (χ1v) is 8.56. The van der Waals surface area contributed by atoms with Crippen LogP contribution in [0.15, 0.2) is 67.0 Å². The number of rotatable bonds is 4.